The maximum atomic E-state index is 3.64. The summed E-state index contributed by atoms with van der Waals surface area (Å²) in [4.78, 5) is 1.46. The van der Waals surface area contributed by atoms with E-state index >= 15 is 0 Å². The summed E-state index contributed by atoms with van der Waals surface area (Å²) in [7, 11) is 0. The molecule has 1 aliphatic carbocycles. The highest BCUT2D eigenvalue weighted by molar-refractivity contribution is 7.10. The van der Waals surface area contributed by atoms with Crippen LogP contribution in [-0.2, 0) is 0 Å². The largest absolute Gasteiger partial charge is 0.316 e. The van der Waals surface area contributed by atoms with Crippen LogP contribution in [0.25, 0.3) is 0 Å². The van der Waals surface area contributed by atoms with Gasteiger partial charge in [-0.1, -0.05) is 20.8 Å². The standard InChI is InChI=1S/C17H29NS/c1-5-8-18-11-14-6-7-17(3,4)10-16(14)15-9-13(2)19-12-15/h9,12,14,16,18H,5-8,10-11H2,1-4H3. The summed E-state index contributed by atoms with van der Waals surface area (Å²) >= 11 is 1.91. The minimum atomic E-state index is 0.516. The van der Waals surface area contributed by atoms with E-state index in [1.165, 1.54) is 37.1 Å². The first-order valence-electron chi connectivity index (χ1n) is 7.77. The van der Waals surface area contributed by atoms with E-state index in [0.717, 1.165) is 18.4 Å². The topological polar surface area (TPSA) is 12.0 Å². The van der Waals surface area contributed by atoms with Crippen LogP contribution in [0.1, 0.15) is 62.8 Å². The second-order valence-corrected chi connectivity index (χ2v) is 8.08. The zero-order valence-corrected chi connectivity index (χ0v) is 13.8. The van der Waals surface area contributed by atoms with Crippen molar-refractivity contribution in [3.63, 3.8) is 0 Å². The van der Waals surface area contributed by atoms with Crippen LogP contribution in [0.5, 0.6) is 0 Å². The predicted molar refractivity (Wildman–Crippen MR) is 86.1 cm³/mol. The molecule has 1 heterocycles. The smallest absolute Gasteiger partial charge is 0.00171 e. The van der Waals surface area contributed by atoms with Crippen LogP contribution in [-0.4, -0.2) is 13.1 Å². The van der Waals surface area contributed by atoms with Gasteiger partial charge in [0.2, 0.25) is 0 Å². The Labute approximate surface area is 122 Å². The Kier molecular flexibility index (Phi) is 5.08. The van der Waals surface area contributed by atoms with Gasteiger partial charge < -0.3 is 5.32 Å². The number of rotatable bonds is 5. The molecule has 2 unspecified atom stereocenters. The lowest BCUT2D eigenvalue weighted by Crippen LogP contribution is -2.34. The fraction of sp³-hybridized carbons (Fsp3) is 0.765. The van der Waals surface area contributed by atoms with Crippen molar-refractivity contribution in [2.45, 2.75) is 59.3 Å². The van der Waals surface area contributed by atoms with Crippen molar-refractivity contribution in [2.75, 3.05) is 13.1 Å². The van der Waals surface area contributed by atoms with Gasteiger partial charge in [0.25, 0.3) is 0 Å². The summed E-state index contributed by atoms with van der Waals surface area (Å²) in [6.45, 7) is 11.7. The van der Waals surface area contributed by atoms with Gasteiger partial charge in [-0.25, -0.2) is 0 Å². The second kappa shape index (κ2) is 6.41. The highest BCUT2D eigenvalue weighted by Crippen LogP contribution is 2.47. The van der Waals surface area contributed by atoms with Gasteiger partial charge in [-0.3, -0.25) is 0 Å². The maximum absolute atomic E-state index is 3.64. The zero-order valence-electron chi connectivity index (χ0n) is 13.0. The molecule has 1 fully saturated rings. The Bertz CT molecular complexity index is 394. The first-order valence-corrected chi connectivity index (χ1v) is 8.65. The lowest BCUT2D eigenvalue weighted by molar-refractivity contribution is 0.160. The minimum Gasteiger partial charge on any atom is -0.316 e. The second-order valence-electron chi connectivity index (χ2n) is 6.97. The van der Waals surface area contributed by atoms with E-state index in [0.29, 0.717) is 5.41 Å². The molecule has 1 saturated carbocycles. The van der Waals surface area contributed by atoms with E-state index in [2.05, 4.69) is 44.5 Å². The van der Waals surface area contributed by atoms with Crippen molar-refractivity contribution in [3.05, 3.63) is 21.9 Å². The average Bonchev–Trinajstić information content (AvgIpc) is 2.77. The van der Waals surface area contributed by atoms with Gasteiger partial charge in [-0.2, -0.15) is 0 Å². The van der Waals surface area contributed by atoms with Gasteiger partial charge in [0.1, 0.15) is 0 Å². The van der Waals surface area contributed by atoms with Gasteiger partial charge in [0.05, 0.1) is 0 Å². The summed E-state index contributed by atoms with van der Waals surface area (Å²) in [5.74, 6) is 1.59. The van der Waals surface area contributed by atoms with Gasteiger partial charge in [0.15, 0.2) is 0 Å². The molecule has 0 amide bonds. The van der Waals surface area contributed by atoms with E-state index in [4.69, 9.17) is 0 Å². The molecule has 0 aliphatic heterocycles. The molecule has 1 aliphatic rings. The lowest BCUT2D eigenvalue weighted by atomic mass is 9.65. The molecule has 19 heavy (non-hydrogen) atoms. The molecule has 2 atom stereocenters. The van der Waals surface area contributed by atoms with Crippen LogP contribution < -0.4 is 5.32 Å². The van der Waals surface area contributed by atoms with Crippen LogP contribution in [0.15, 0.2) is 11.4 Å². The third kappa shape index (κ3) is 4.06. The Morgan fingerprint density at radius 1 is 1.42 bits per heavy atom. The molecule has 1 aromatic rings. The molecule has 0 spiro atoms. The number of hydrogen-bond donors (Lipinski definition) is 1. The van der Waals surface area contributed by atoms with E-state index in [-0.39, 0.29) is 0 Å². The summed E-state index contributed by atoms with van der Waals surface area (Å²) in [5.41, 5.74) is 2.11. The van der Waals surface area contributed by atoms with Crippen molar-refractivity contribution in [1.29, 1.82) is 0 Å². The van der Waals surface area contributed by atoms with Crippen LogP contribution >= 0.6 is 11.3 Å². The molecule has 2 heteroatoms. The molecular weight excluding hydrogens is 250 g/mol. The van der Waals surface area contributed by atoms with Gasteiger partial charge in [0, 0.05) is 4.88 Å². The molecule has 108 valence electrons. The van der Waals surface area contributed by atoms with Crippen LogP contribution in [0.3, 0.4) is 0 Å². The fourth-order valence-electron chi connectivity index (χ4n) is 3.40. The third-order valence-electron chi connectivity index (χ3n) is 4.55. The fourth-order valence-corrected chi connectivity index (χ4v) is 4.17. The highest BCUT2D eigenvalue weighted by Gasteiger charge is 2.35. The molecule has 0 saturated heterocycles. The monoisotopic (exact) mass is 279 g/mol. The zero-order chi connectivity index (χ0) is 13.9. The maximum Gasteiger partial charge on any atom is 0.00171 e. The molecular formula is C17H29NS. The number of hydrogen-bond acceptors (Lipinski definition) is 2. The Balaban J connectivity index is 2.07. The molecule has 1 aromatic heterocycles. The molecule has 1 N–H and O–H groups in total. The first kappa shape index (κ1) is 15.1. The van der Waals surface area contributed by atoms with Crippen LogP contribution in [0.2, 0.25) is 0 Å². The normalized spacial score (nSPS) is 26.5. The Morgan fingerprint density at radius 2 is 2.21 bits per heavy atom. The SMILES string of the molecule is CCCNCC1CCC(C)(C)CC1c1csc(C)c1. The summed E-state index contributed by atoms with van der Waals surface area (Å²) in [5, 5.41) is 6.04. The lowest BCUT2D eigenvalue weighted by Gasteiger charge is -2.41. The van der Waals surface area contributed by atoms with Crippen molar-refractivity contribution < 1.29 is 0 Å². The predicted octanol–water partition coefficient (Wildman–Crippen LogP) is 4.97. The molecule has 0 aromatic carbocycles. The van der Waals surface area contributed by atoms with E-state index in [1.54, 1.807) is 5.56 Å². The van der Waals surface area contributed by atoms with Crippen LogP contribution in [0, 0.1) is 18.3 Å². The van der Waals surface area contributed by atoms with Gasteiger partial charge >= 0.3 is 0 Å². The van der Waals surface area contributed by atoms with Gasteiger partial charge in [-0.05, 0) is 80.0 Å². The van der Waals surface area contributed by atoms with Gasteiger partial charge in [-0.15, -0.1) is 11.3 Å². The Morgan fingerprint density at radius 3 is 2.84 bits per heavy atom. The number of nitrogens with one attached hydrogen (secondary N) is 1. The van der Waals surface area contributed by atoms with Crippen molar-refractivity contribution in [1.82, 2.24) is 5.32 Å². The van der Waals surface area contributed by atoms with Crippen molar-refractivity contribution in [2.24, 2.45) is 11.3 Å². The molecule has 0 bridgehead atoms. The van der Waals surface area contributed by atoms with Crippen molar-refractivity contribution >= 4 is 11.3 Å². The molecule has 1 nitrogen and oxygen atoms in total. The van der Waals surface area contributed by atoms with Crippen LogP contribution in [0.4, 0.5) is 0 Å². The summed E-state index contributed by atoms with van der Waals surface area (Å²) in [6.07, 6.45) is 5.34. The number of thiophene rings is 1. The first-order chi connectivity index (χ1) is 9.02. The van der Waals surface area contributed by atoms with Crippen molar-refractivity contribution in [3.8, 4) is 0 Å². The van der Waals surface area contributed by atoms with E-state index < -0.39 is 0 Å². The third-order valence-corrected chi connectivity index (χ3v) is 5.43. The quantitative estimate of drug-likeness (QED) is 0.751. The summed E-state index contributed by atoms with van der Waals surface area (Å²) < 4.78 is 0. The summed E-state index contributed by atoms with van der Waals surface area (Å²) in [6, 6.07) is 2.42. The molecule has 2 rings (SSSR count). The molecule has 0 radical (unpaired) electrons. The minimum absolute atomic E-state index is 0.516. The van der Waals surface area contributed by atoms with E-state index in [1.807, 2.05) is 11.3 Å². The average molecular weight is 279 g/mol. The number of aryl methyl sites for hydroxylation is 1. The Hall–Kier alpha value is -0.340. The highest BCUT2D eigenvalue weighted by atomic mass is 32.1. The van der Waals surface area contributed by atoms with E-state index in [9.17, 15) is 0 Å².